The summed E-state index contributed by atoms with van der Waals surface area (Å²) >= 11 is 1.96. The van der Waals surface area contributed by atoms with E-state index in [1.165, 1.54) is 19.3 Å². The Balaban J connectivity index is 1.80. The maximum atomic E-state index is 12.1. The fourth-order valence-corrected chi connectivity index (χ4v) is 3.93. The third-order valence-corrected chi connectivity index (χ3v) is 5.17. The van der Waals surface area contributed by atoms with Crippen LogP contribution in [-0.4, -0.2) is 37.8 Å². The van der Waals surface area contributed by atoms with Gasteiger partial charge in [0.15, 0.2) is 5.82 Å². The molecule has 0 aromatic carbocycles. The monoisotopic (exact) mass is 311 g/mol. The lowest BCUT2D eigenvalue weighted by atomic mass is 9.95. The topological polar surface area (TPSA) is 71.8 Å². The molecule has 2 atom stereocenters. The lowest BCUT2D eigenvalue weighted by Gasteiger charge is -2.31. The average molecular weight is 311 g/mol. The van der Waals surface area contributed by atoms with E-state index < -0.39 is 0 Å². The minimum absolute atomic E-state index is 0.103. The summed E-state index contributed by atoms with van der Waals surface area (Å²) in [7, 11) is 0. The molecule has 1 aliphatic carbocycles. The van der Waals surface area contributed by atoms with Crippen molar-refractivity contribution in [1.29, 1.82) is 0 Å². The first-order chi connectivity index (χ1) is 10.2. The molecule has 0 unspecified atom stereocenters. The molecular weight excluding hydrogens is 286 g/mol. The second-order valence-electron chi connectivity index (χ2n) is 5.24. The molecule has 1 fully saturated rings. The summed E-state index contributed by atoms with van der Waals surface area (Å²) in [6.07, 6.45) is 6.45. The number of hydrogen-bond donors (Lipinski definition) is 2. The number of carbonyl (C=O) groups is 1. The second kappa shape index (κ2) is 8.26. The molecule has 118 valence electrons. The Morgan fingerprint density at radius 3 is 3.00 bits per heavy atom. The Kier molecular flexibility index (Phi) is 6.35. The molecule has 1 aliphatic rings. The van der Waals surface area contributed by atoms with Gasteiger partial charge in [-0.1, -0.05) is 19.8 Å². The fourth-order valence-electron chi connectivity index (χ4n) is 2.73. The van der Waals surface area contributed by atoms with E-state index in [1.807, 2.05) is 23.3 Å². The summed E-state index contributed by atoms with van der Waals surface area (Å²) in [6.45, 7) is 5.43. The van der Waals surface area contributed by atoms with Gasteiger partial charge in [0.1, 0.15) is 6.33 Å². The molecule has 1 saturated carbocycles. The first kappa shape index (κ1) is 16.1. The van der Waals surface area contributed by atoms with Crippen LogP contribution in [0.5, 0.6) is 0 Å². The number of hydrogen-bond acceptors (Lipinski definition) is 4. The molecule has 1 aromatic heterocycles. The van der Waals surface area contributed by atoms with Crippen LogP contribution in [0.3, 0.4) is 0 Å². The maximum Gasteiger partial charge on any atom is 0.315 e. The number of nitrogens with one attached hydrogen (secondary N) is 2. The van der Waals surface area contributed by atoms with Gasteiger partial charge in [-0.3, -0.25) is 0 Å². The van der Waals surface area contributed by atoms with Crippen molar-refractivity contribution in [1.82, 2.24) is 25.4 Å². The molecule has 7 heteroatoms. The molecule has 6 nitrogen and oxygen atoms in total. The first-order valence-electron chi connectivity index (χ1n) is 7.77. The molecule has 0 aliphatic heterocycles. The highest BCUT2D eigenvalue weighted by Crippen LogP contribution is 2.28. The van der Waals surface area contributed by atoms with Crippen molar-refractivity contribution in [3.8, 4) is 0 Å². The fraction of sp³-hybridized carbons (Fsp3) is 0.786. The SMILES string of the molecule is CCS[C@@H]1CCCC[C@@H]1NC(=O)NCc1nncn1CC. The smallest absolute Gasteiger partial charge is 0.315 e. The molecule has 0 saturated heterocycles. The van der Waals surface area contributed by atoms with E-state index >= 15 is 0 Å². The molecule has 0 spiro atoms. The molecule has 1 heterocycles. The summed E-state index contributed by atoms with van der Waals surface area (Å²) in [4.78, 5) is 12.1. The lowest BCUT2D eigenvalue weighted by molar-refractivity contribution is 0.232. The minimum atomic E-state index is -0.103. The normalized spacial score (nSPS) is 22.0. The zero-order valence-corrected chi connectivity index (χ0v) is 13.7. The molecule has 2 N–H and O–H groups in total. The summed E-state index contributed by atoms with van der Waals surface area (Å²) < 4.78 is 1.93. The van der Waals surface area contributed by atoms with Gasteiger partial charge in [0, 0.05) is 17.8 Å². The Labute approximate surface area is 130 Å². The van der Waals surface area contributed by atoms with Gasteiger partial charge in [-0.05, 0) is 25.5 Å². The highest BCUT2D eigenvalue weighted by molar-refractivity contribution is 7.99. The van der Waals surface area contributed by atoms with Gasteiger partial charge in [-0.2, -0.15) is 11.8 Å². The lowest BCUT2D eigenvalue weighted by Crippen LogP contribution is -2.48. The number of rotatable bonds is 6. The van der Waals surface area contributed by atoms with Crippen molar-refractivity contribution >= 4 is 17.8 Å². The quantitative estimate of drug-likeness (QED) is 0.844. The highest BCUT2D eigenvalue weighted by Gasteiger charge is 2.26. The summed E-state index contributed by atoms with van der Waals surface area (Å²) in [5.74, 6) is 1.89. The summed E-state index contributed by atoms with van der Waals surface area (Å²) in [6, 6.07) is 0.182. The maximum absolute atomic E-state index is 12.1. The van der Waals surface area contributed by atoms with E-state index in [9.17, 15) is 4.79 Å². The Bertz CT molecular complexity index is 448. The molecule has 2 rings (SSSR count). The summed E-state index contributed by atoms with van der Waals surface area (Å²) in [5, 5.41) is 14.4. The number of amides is 2. The van der Waals surface area contributed by atoms with Crippen molar-refractivity contribution in [2.75, 3.05) is 5.75 Å². The molecule has 0 bridgehead atoms. The Hall–Kier alpha value is -1.24. The summed E-state index contributed by atoms with van der Waals surface area (Å²) in [5.41, 5.74) is 0. The van der Waals surface area contributed by atoms with E-state index in [0.717, 1.165) is 24.5 Å². The Morgan fingerprint density at radius 2 is 2.24 bits per heavy atom. The van der Waals surface area contributed by atoms with E-state index in [1.54, 1.807) is 6.33 Å². The van der Waals surface area contributed by atoms with Gasteiger partial charge in [0.05, 0.1) is 6.54 Å². The second-order valence-corrected chi connectivity index (χ2v) is 6.76. The first-order valence-corrected chi connectivity index (χ1v) is 8.82. The third-order valence-electron chi connectivity index (χ3n) is 3.84. The number of carbonyl (C=O) groups excluding carboxylic acids is 1. The third kappa shape index (κ3) is 4.62. The zero-order valence-electron chi connectivity index (χ0n) is 12.8. The van der Waals surface area contributed by atoms with Crippen molar-refractivity contribution in [3.05, 3.63) is 12.2 Å². The molecule has 1 aromatic rings. The van der Waals surface area contributed by atoms with Crippen LogP contribution in [0.25, 0.3) is 0 Å². The van der Waals surface area contributed by atoms with Gasteiger partial charge >= 0.3 is 6.03 Å². The number of aromatic nitrogens is 3. The van der Waals surface area contributed by atoms with Crippen LogP contribution in [0.15, 0.2) is 6.33 Å². The standard InChI is InChI=1S/C14H25N5OS/c1-3-19-10-16-18-13(19)9-15-14(20)17-11-7-5-6-8-12(11)21-4-2/h10-12H,3-9H2,1-2H3,(H2,15,17,20)/t11-,12+/m0/s1. The van der Waals surface area contributed by atoms with Gasteiger partial charge in [-0.25, -0.2) is 4.79 Å². The predicted molar refractivity (Wildman–Crippen MR) is 85.2 cm³/mol. The molecule has 21 heavy (non-hydrogen) atoms. The van der Waals surface area contributed by atoms with Crippen LogP contribution in [0.2, 0.25) is 0 Å². The van der Waals surface area contributed by atoms with Gasteiger partial charge in [-0.15, -0.1) is 10.2 Å². The largest absolute Gasteiger partial charge is 0.334 e. The number of nitrogens with zero attached hydrogens (tertiary/aromatic N) is 3. The predicted octanol–water partition coefficient (Wildman–Crippen LogP) is 2.16. The van der Waals surface area contributed by atoms with Crippen molar-refractivity contribution < 1.29 is 4.79 Å². The Morgan fingerprint density at radius 1 is 1.43 bits per heavy atom. The van der Waals surface area contributed by atoms with Crippen LogP contribution in [0.1, 0.15) is 45.4 Å². The molecular formula is C14H25N5OS. The van der Waals surface area contributed by atoms with Crippen molar-refractivity contribution in [2.45, 2.75) is 63.9 Å². The number of urea groups is 1. The zero-order chi connectivity index (χ0) is 15.1. The minimum Gasteiger partial charge on any atom is -0.334 e. The highest BCUT2D eigenvalue weighted by atomic mass is 32.2. The van der Waals surface area contributed by atoms with E-state index in [-0.39, 0.29) is 12.1 Å². The number of aryl methyl sites for hydroxylation is 1. The van der Waals surface area contributed by atoms with Crippen LogP contribution < -0.4 is 10.6 Å². The molecule has 2 amide bonds. The van der Waals surface area contributed by atoms with Crippen molar-refractivity contribution in [2.24, 2.45) is 0 Å². The number of thioether (sulfide) groups is 1. The van der Waals surface area contributed by atoms with Gasteiger partial charge < -0.3 is 15.2 Å². The average Bonchev–Trinajstić information content (AvgIpc) is 2.95. The van der Waals surface area contributed by atoms with E-state index in [0.29, 0.717) is 11.8 Å². The van der Waals surface area contributed by atoms with Crippen LogP contribution >= 0.6 is 11.8 Å². The van der Waals surface area contributed by atoms with Gasteiger partial charge in [0.25, 0.3) is 0 Å². The van der Waals surface area contributed by atoms with E-state index in [4.69, 9.17) is 0 Å². The molecule has 0 radical (unpaired) electrons. The van der Waals surface area contributed by atoms with Crippen molar-refractivity contribution in [3.63, 3.8) is 0 Å². The van der Waals surface area contributed by atoms with Gasteiger partial charge in [0.2, 0.25) is 0 Å². The van der Waals surface area contributed by atoms with Crippen LogP contribution in [0, 0.1) is 0 Å². The van der Waals surface area contributed by atoms with Crippen LogP contribution in [-0.2, 0) is 13.1 Å². The van der Waals surface area contributed by atoms with Crippen LogP contribution in [0.4, 0.5) is 4.79 Å². The van der Waals surface area contributed by atoms with E-state index in [2.05, 4.69) is 27.8 Å².